The molecule has 1 unspecified atom stereocenters. The summed E-state index contributed by atoms with van der Waals surface area (Å²) in [5.41, 5.74) is 2.43. The number of carbonyl (C=O) groups excluding carboxylic acids is 1. The lowest BCUT2D eigenvalue weighted by Gasteiger charge is -2.31. The van der Waals surface area contributed by atoms with Gasteiger partial charge in [0.1, 0.15) is 11.9 Å². The molecule has 1 atom stereocenters. The van der Waals surface area contributed by atoms with E-state index in [4.69, 9.17) is 21.1 Å². The molecule has 1 saturated heterocycles. The Kier molecular flexibility index (Phi) is 5.62. The van der Waals surface area contributed by atoms with Crippen molar-refractivity contribution in [3.8, 4) is 5.75 Å². The lowest BCUT2D eigenvalue weighted by atomic mass is 9.96. The van der Waals surface area contributed by atoms with Crippen molar-refractivity contribution >= 4 is 17.4 Å². The fourth-order valence-electron chi connectivity index (χ4n) is 3.75. The summed E-state index contributed by atoms with van der Waals surface area (Å²) in [6, 6.07) is 5.42. The number of halogens is 2. The Morgan fingerprint density at radius 3 is 2.96 bits per heavy atom. The third kappa shape index (κ3) is 3.90. The Balaban J connectivity index is 1.62. The highest BCUT2D eigenvalue weighted by atomic mass is 35.5. The van der Waals surface area contributed by atoms with E-state index in [1.165, 1.54) is 0 Å². The van der Waals surface area contributed by atoms with E-state index in [0.717, 1.165) is 30.6 Å². The number of ether oxygens (including phenoxy) is 2. The Bertz CT molecular complexity index is 882. The molecule has 0 saturated carbocycles. The van der Waals surface area contributed by atoms with Gasteiger partial charge < -0.3 is 9.47 Å². The van der Waals surface area contributed by atoms with Crippen LogP contribution in [0.15, 0.2) is 24.4 Å². The van der Waals surface area contributed by atoms with Crippen molar-refractivity contribution in [1.29, 1.82) is 0 Å². The zero-order chi connectivity index (χ0) is 19.7. The summed E-state index contributed by atoms with van der Waals surface area (Å²) in [5.74, 6) is -0.545. The molecule has 4 rings (SSSR count). The van der Waals surface area contributed by atoms with Crippen LogP contribution < -0.4 is 4.74 Å². The zero-order valence-electron chi connectivity index (χ0n) is 15.7. The van der Waals surface area contributed by atoms with Gasteiger partial charge in [0.25, 0.3) is 0 Å². The van der Waals surface area contributed by atoms with Crippen LogP contribution in [0.5, 0.6) is 5.75 Å². The van der Waals surface area contributed by atoms with Crippen LogP contribution in [0.2, 0.25) is 5.15 Å². The standard InChI is InChI=1S/C21H22ClFN2O3/c1-13-15(7-14-4-5-19(22)24-9-14)8-17-18(26)10-25(12-28-21(17)20(13)23)16-3-2-6-27-11-16/h4-5,8-9,16H,2-3,6-7,10-12H2,1H3. The summed E-state index contributed by atoms with van der Waals surface area (Å²) in [5, 5.41) is 0.406. The van der Waals surface area contributed by atoms with Crippen LogP contribution in [-0.2, 0) is 11.2 Å². The smallest absolute Gasteiger partial charge is 0.180 e. The minimum Gasteiger partial charge on any atom is -0.474 e. The van der Waals surface area contributed by atoms with Crippen LogP contribution in [0.1, 0.15) is 39.9 Å². The fraction of sp³-hybridized carbons (Fsp3) is 0.429. The average Bonchev–Trinajstić information content (AvgIpc) is 2.87. The van der Waals surface area contributed by atoms with Gasteiger partial charge in [0.15, 0.2) is 17.3 Å². The number of nitrogens with zero attached hydrogens (tertiary/aromatic N) is 2. The molecule has 148 valence electrons. The number of benzene rings is 1. The molecule has 2 aromatic rings. The number of hydrogen-bond acceptors (Lipinski definition) is 5. The lowest BCUT2D eigenvalue weighted by molar-refractivity contribution is -0.00594. The quantitative estimate of drug-likeness (QED) is 0.728. The number of carbonyl (C=O) groups is 1. The van der Waals surface area contributed by atoms with Crippen molar-refractivity contribution in [2.45, 2.75) is 32.2 Å². The van der Waals surface area contributed by atoms with E-state index in [9.17, 15) is 4.79 Å². The van der Waals surface area contributed by atoms with Gasteiger partial charge in [-0.15, -0.1) is 0 Å². The Labute approximate surface area is 168 Å². The molecule has 28 heavy (non-hydrogen) atoms. The van der Waals surface area contributed by atoms with Gasteiger partial charge >= 0.3 is 0 Å². The molecule has 1 fully saturated rings. The number of ketones is 1. The Morgan fingerprint density at radius 1 is 1.39 bits per heavy atom. The maximum Gasteiger partial charge on any atom is 0.180 e. The van der Waals surface area contributed by atoms with Gasteiger partial charge in [-0.25, -0.2) is 9.37 Å². The second kappa shape index (κ2) is 8.15. The molecular formula is C21H22ClFN2O3. The molecule has 2 aliphatic heterocycles. The summed E-state index contributed by atoms with van der Waals surface area (Å²) >= 11 is 5.84. The minimum atomic E-state index is -0.468. The fourth-order valence-corrected chi connectivity index (χ4v) is 3.86. The first-order valence-corrected chi connectivity index (χ1v) is 9.81. The minimum absolute atomic E-state index is 0.0553. The molecule has 0 N–H and O–H groups in total. The molecule has 3 heterocycles. The van der Waals surface area contributed by atoms with Crippen molar-refractivity contribution in [3.63, 3.8) is 0 Å². The first kappa shape index (κ1) is 19.3. The molecule has 2 aliphatic rings. The van der Waals surface area contributed by atoms with Crippen LogP contribution in [0.25, 0.3) is 0 Å². The van der Waals surface area contributed by atoms with Crippen LogP contribution in [-0.4, -0.2) is 48.2 Å². The number of pyridine rings is 1. The Morgan fingerprint density at radius 2 is 2.25 bits per heavy atom. The van der Waals surface area contributed by atoms with Crippen molar-refractivity contribution < 1.29 is 18.7 Å². The van der Waals surface area contributed by atoms with E-state index < -0.39 is 5.82 Å². The van der Waals surface area contributed by atoms with E-state index in [1.54, 1.807) is 25.3 Å². The van der Waals surface area contributed by atoms with E-state index in [2.05, 4.69) is 4.98 Å². The van der Waals surface area contributed by atoms with Gasteiger partial charge in [-0.05, 0) is 55.0 Å². The molecule has 0 aliphatic carbocycles. The van der Waals surface area contributed by atoms with Crippen LogP contribution in [0.3, 0.4) is 0 Å². The first-order chi connectivity index (χ1) is 13.5. The molecule has 1 aromatic carbocycles. The topological polar surface area (TPSA) is 51.7 Å². The van der Waals surface area contributed by atoms with E-state index in [-0.39, 0.29) is 30.9 Å². The third-order valence-corrected chi connectivity index (χ3v) is 5.65. The van der Waals surface area contributed by atoms with Crippen LogP contribution >= 0.6 is 11.6 Å². The summed E-state index contributed by atoms with van der Waals surface area (Å²) < 4.78 is 26.4. The monoisotopic (exact) mass is 404 g/mol. The molecule has 5 nitrogen and oxygen atoms in total. The van der Waals surface area contributed by atoms with Crippen molar-refractivity contribution in [2.24, 2.45) is 0 Å². The summed E-state index contributed by atoms with van der Waals surface area (Å²) in [6.45, 7) is 3.41. The van der Waals surface area contributed by atoms with E-state index in [1.807, 2.05) is 11.0 Å². The second-order valence-electron chi connectivity index (χ2n) is 7.33. The molecule has 1 aromatic heterocycles. The summed E-state index contributed by atoms with van der Waals surface area (Å²) in [4.78, 5) is 18.9. The second-order valence-corrected chi connectivity index (χ2v) is 7.72. The number of hydrogen-bond donors (Lipinski definition) is 0. The lowest BCUT2D eigenvalue weighted by Crippen LogP contribution is -2.44. The predicted octanol–water partition coefficient (Wildman–Crippen LogP) is 3.79. The SMILES string of the molecule is Cc1c(Cc2ccc(Cl)nc2)cc2c(c1F)OCN(C1CCCOC1)CC2=O. The van der Waals surface area contributed by atoms with Crippen molar-refractivity contribution in [1.82, 2.24) is 9.88 Å². The number of Topliss-reactive ketones (excluding diaryl/α,β-unsaturated/α-hetero) is 1. The third-order valence-electron chi connectivity index (χ3n) is 5.43. The van der Waals surface area contributed by atoms with Crippen molar-refractivity contribution in [3.05, 3.63) is 57.6 Å². The summed E-state index contributed by atoms with van der Waals surface area (Å²) in [7, 11) is 0. The maximum atomic E-state index is 15.1. The van der Waals surface area contributed by atoms with Crippen LogP contribution in [0, 0.1) is 12.7 Å². The molecule has 0 bridgehead atoms. The number of aromatic nitrogens is 1. The molecule has 0 spiro atoms. The van der Waals surface area contributed by atoms with Gasteiger partial charge in [0, 0.05) is 18.8 Å². The largest absolute Gasteiger partial charge is 0.474 e. The van der Waals surface area contributed by atoms with Gasteiger partial charge in [-0.3, -0.25) is 9.69 Å². The highest BCUT2D eigenvalue weighted by Crippen LogP contribution is 2.32. The predicted molar refractivity (Wildman–Crippen MR) is 104 cm³/mol. The van der Waals surface area contributed by atoms with E-state index >= 15 is 4.39 Å². The number of rotatable bonds is 3. The summed E-state index contributed by atoms with van der Waals surface area (Å²) in [6.07, 6.45) is 4.03. The maximum absolute atomic E-state index is 15.1. The average molecular weight is 405 g/mol. The number of fused-ring (bicyclic) bond motifs is 1. The highest BCUT2D eigenvalue weighted by Gasteiger charge is 2.31. The zero-order valence-corrected chi connectivity index (χ0v) is 16.5. The van der Waals surface area contributed by atoms with Gasteiger partial charge in [-0.2, -0.15) is 0 Å². The highest BCUT2D eigenvalue weighted by molar-refractivity contribution is 6.29. The van der Waals surface area contributed by atoms with E-state index in [0.29, 0.717) is 29.3 Å². The first-order valence-electron chi connectivity index (χ1n) is 9.43. The van der Waals surface area contributed by atoms with Gasteiger partial charge in [0.05, 0.1) is 18.7 Å². The van der Waals surface area contributed by atoms with Crippen molar-refractivity contribution in [2.75, 3.05) is 26.5 Å². The van der Waals surface area contributed by atoms with Gasteiger partial charge in [-0.1, -0.05) is 17.7 Å². The Hall–Kier alpha value is -2.02. The normalized spacial score (nSPS) is 20.4. The molecule has 0 amide bonds. The van der Waals surface area contributed by atoms with Gasteiger partial charge in [0.2, 0.25) is 0 Å². The molecule has 0 radical (unpaired) electrons. The van der Waals surface area contributed by atoms with Crippen LogP contribution in [0.4, 0.5) is 4.39 Å². The molecular weight excluding hydrogens is 383 g/mol. The molecule has 7 heteroatoms.